The predicted octanol–water partition coefficient (Wildman–Crippen LogP) is 2.50. The van der Waals surface area contributed by atoms with Crippen LogP contribution in [-0.2, 0) is 4.74 Å². The van der Waals surface area contributed by atoms with E-state index in [1.807, 2.05) is 18.2 Å². The number of anilines is 2. The van der Waals surface area contributed by atoms with Crippen molar-refractivity contribution in [1.29, 1.82) is 0 Å². The Morgan fingerprint density at radius 2 is 2.33 bits per heavy atom. The minimum atomic E-state index is 0.386. The van der Waals surface area contributed by atoms with Crippen LogP contribution < -0.4 is 15.8 Å². The van der Waals surface area contributed by atoms with E-state index in [1.54, 1.807) is 7.11 Å². The van der Waals surface area contributed by atoms with Gasteiger partial charge in [0.05, 0.1) is 24.6 Å². The third kappa shape index (κ3) is 2.88. The quantitative estimate of drug-likeness (QED) is 0.788. The van der Waals surface area contributed by atoms with E-state index in [0.29, 0.717) is 12.0 Å². The normalized spacial score (nSPS) is 23.0. The Bertz CT molecular complexity index is 395. The van der Waals surface area contributed by atoms with Gasteiger partial charge in [-0.1, -0.05) is 6.92 Å². The molecule has 100 valence electrons. The van der Waals surface area contributed by atoms with Gasteiger partial charge in [-0.05, 0) is 25.0 Å². The van der Waals surface area contributed by atoms with E-state index in [2.05, 4.69) is 12.2 Å². The summed E-state index contributed by atoms with van der Waals surface area (Å²) in [5, 5.41) is 3.41. The molecule has 1 heterocycles. The molecule has 0 radical (unpaired) electrons. The summed E-state index contributed by atoms with van der Waals surface area (Å²) in [5.74, 6) is 1.37. The molecule has 4 heteroatoms. The van der Waals surface area contributed by atoms with Gasteiger partial charge in [-0.2, -0.15) is 0 Å². The summed E-state index contributed by atoms with van der Waals surface area (Å²) in [4.78, 5) is 0. The summed E-state index contributed by atoms with van der Waals surface area (Å²) >= 11 is 0. The molecule has 0 amide bonds. The summed E-state index contributed by atoms with van der Waals surface area (Å²) in [7, 11) is 1.64. The molecule has 1 aliphatic heterocycles. The van der Waals surface area contributed by atoms with Crippen molar-refractivity contribution in [3.8, 4) is 5.75 Å². The second kappa shape index (κ2) is 5.96. The highest BCUT2D eigenvalue weighted by Gasteiger charge is 2.26. The number of methoxy groups -OCH3 is 1. The predicted molar refractivity (Wildman–Crippen MR) is 74.0 cm³/mol. The van der Waals surface area contributed by atoms with Gasteiger partial charge >= 0.3 is 0 Å². The van der Waals surface area contributed by atoms with Crippen LogP contribution in [0.1, 0.15) is 19.8 Å². The Hall–Kier alpha value is -1.42. The number of benzene rings is 1. The average Bonchev–Trinajstić information content (AvgIpc) is 2.84. The summed E-state index contributed by atoms with van der Waals surface area (Å²) < 4.78 is 10.8. The highest BCUT2D eigenvalue weighted by molar-refractivity contribution is 5.68. The van der Waals surface area contributed by atoms with E-state index in [9.17, 15) is 0 Å². The van der Waals surface area contributed by atoms with Crippen molar-refractivity contribution in [2.45, 2.75) is 25.9 Å². The van der Waals surface area contributed by atoms with Gasteiger partial charge in [0.15, 0.2) is 0 Å². The van der Waals surface area contributed by atoms with Gasteiger partial charge in [0.2, 0.25) is 0 Å². The zero-order valence-electron chi connectivity index (χ0n) is 11.1. The molecule has 3 N–H and O–H groups in total. The Balaban J connectivity index is 1.93. The van der Waals surface area contributed by atoms with Crippen molar-refractivity contribution in [2.75, 3.05) is 31.3 Å². The van der Waals surface area contributed by atoms with Crippen LogP contribution in [0.3, 0.4) is 0 Å². The summed E-state index contributed by atoms with van der Waals surface area (Å²) in [6, 6.07) is 5.72. The van der Waals surface area contributed by atoms with Gasteiger partial charge in [-0.25, -0.2) is 0 Å². The fraction of sp³-hybridized carbons (Fsp3) is 0.571. The lowest BCUT2D eigenvalue weighted by atomic mass is 9.99. The molecular formula is C14H22N2O2. The van der Waals surface area contributed by atoms with Crippen molar-refractivity contribution in [2.24, 2.45) is 5.92 Å². The molecule has 0 saturated carbocycles. The minimum Gasteiger partial charge on any atom is -0.497 e. The van der Waals surface area contributed by atoms with Crippen LogP contribution in [0.5, 0.6) is 5.75 Å². The fourth-order valence-corrected chi connectivity index (χ4v) is 2.45. The molecule has 0 aliphatic carbocycles. The Morgan fingerprint density at radius 3 is 3.00 bits per heavy atom. The number of hydrogen-bond donors (Lipinski definition) is 2. The second-order valence-corrected chi connectivity index (χ2v) is 4.70. The van der Waals surface area contributed by atoms with Crippen LogP contribution in [0.15, 0.2) is 18.2 Å². The molecule has 0 spiro atoms. The monoisotopic (exact) mass is 250 g/mol. The minimum absolute atomic E-state index is 0.386. The van der Waals surface area contributed by atoms with E-state index in [0.717, 1.165) is 43.1 Å². The van der Waals surface area contributed by atoms with Crippen LogP contribution in [0, 0.1) is 5.92 Å². The van der Waals surface area contributed by atoms with Crippen LogP contribution in [0.4, 0.5) is 11.4 Å². The number of nitrogens with one attached hydrogen (secondary N) is 1. The first kappa shape index (κ1) is 13.0. The van der Waals surface area contributed by atoms with E-state index in [1.165, 1.54) is 0 Å². The van der Waals surface area contributed by atoms with Crippen LogP contribution >= 0.6 is 0 Å². The number of nitrogen functional groups attached to an aromatic ring is 1. The summed E-state index contributed by atoms with van der Waals surface area (Å²) in [6.45, 7) is 3.96. The standard InChI is InChI=1S/C14H22N2O2/c1-3-14-10(6-7-18-14)9-16-13-5-4-11(17-2)8-12(13)15/h4-5,8,10,14,16H,3,6-7,9,15H2,1-2H3. The molecule has 0 bridgehead atoms. The first-order valence-electron chi connectivity index (χ1n) is 6.53. The maximum atomic E-state index is 5.98. The third-order valence-corrected chi connectivity index (χ3v) is 3.56. The molecule has 1 saturated heterocycles. The maximum Gasteiger partial charge on any atom is 0.121 e. The van der Waals surface area contributed by atoms with Crippen molar-refractivity contribution in [3.05, 3.63) is 18.2 Å². The molecule has 0 aromatic heterocycles. The zero-order valence-corrected chi connectivity index (χ0v) is 11.1. The number of ether oxygens (including phenoxy) is 2. The first-order valence-corrected chi connectivity index (χ1v) is 6.53. The van der Waals surface area contributed by atoms with E-state index >= 15 is 0 Å². The molecule has 1 aromatic rings. The van der Waals surface area contributed by atoms with Crippen molar-refractivity contribution in [3.63, 3.8) is 0 Å². The number of nitrogens with two attached hydrogens (primary N) is 1. The largest absolute Gasteiger partial charge is 0.497 e. The zero-order chi connectivity index (χ0) is 13.0. The van der Waals surface area contributed by atoms with E-state index < -0.39 is 0 Å². The summed E-state index contributed by atoms with van der Waals surface area (Å²) in [5.41, 5.74) is 7.67. The van der Waals surface area contributed by atoms with Crippen LogP contribution in [-0.4, -0.2) is 26.4 Å². The lowest BCUT2D eigenvalue weighted by molar-refractivity contribution is 0.0900. The molecule has 1 aliphatic rings. The molecule has 1 aromatic carbocycles. The Labute approximate surface area is 108 Å². The van der Waals surface area contributed by atoms with Crippen molar-refractivity contribution < 1.29 is 9.47 Å². The Morgan fingerprint density at radius 1 is 1.50 bits per heavy atom. The molecular weight excluding hydrogens is 228 g/mol. The van der Waals surface area contributed by atoms with Gasteiger partial charge in [0.1, 0.15) is 5.75 Å². The molecule has 4 nitrogen and oxygen atoms in total. The first-order chi connectivity index (χ1) is 8.74. The van der Waals surface area contributed by atoms with Crippen molar-refractivity contribution >= 4 is 11.4 Å². The van der Waals surface area contributed by atoms with Gasteiger partial charge in [0, 0.05) is 25.1 Å². The van der Waals surface area contributed by atoms with Gasteiger partial charge < -0.3 is 20.5 Å². The van der Waals surface area contributed by atoms with Gasteiger partial charge in [-0.15, -0.1) is 0 Å². The second-order valence-electron chi connectivity index (χ2n) is 4.70. The smallest absolute Gasteiger partial charge is 0.121 e. The van der Waals surface area contributed by atoms with Crippen molar-refractivity contribution in [1.82, 2.24) is 0 Å². The van der Waals surface area contributed by atoms with Gasteiger partial charge in [0.25, 0.3) is 0 Å². The Kier molecular flexibility index (Phi) is 4.31. The van der Waals surface area contributed by atoms with E-state index in [-0.39, 0.29) is 0 Å². The fourth-order valence-electron chi connectivity index (χ4n) is 2.45. The molecule has 1 fully saturated rings. The molecule has 18 heavy (non-hydrogen) atoms. The summed E-state index contributed by atoms with van der Waals surface area (Å²) in [6.07, 6.45) is 2.59. The maximum absolute atomic E-state index is 5.98. The third-order valence-electron chi connectivity index (χ3n) is 3.56. The van der Waals surface area contributed by atoms with E-state index in [4.69, 9.17) is 15.2 Å². The lowest BCUT2D eigenvalue weighted by Gasteiger charge is -2.18. The number of hydrogen-bond acceptors (Lipinski definition) is 4. The van der Waals surface area contributed by atoms with Crippen LogP contribution in [0.25, 0.3) is 0 Å². The lowest BCUT2D eigenvalue weighted by Crippen LogP contribution is -2.23. The molecule has 2 atom stereocenters. The number of rotatable bonds is 5. The molecule has 2 rings (SSSR count). The van der Waals surface area contributed by atoms with Gasteiger partial charge in [-0.3, -0.25) is 0 Å². The highest BCUT2D eigenvalue weighted by atomic mass is 16.5. The van der Waals surface area contributed by atoms with Crippen LogP contribution in [0.2, 0.25) is 0 Å². The highest BCUT2D eigenvalue weighted by Crippen LogP contribution is 2.27. The SMILES string of the molecule is CCC1OCCC1CNc1ccc(OC)cc1N. The topological polar surface area (TPSA) is 56.5 Å². The molecule has 2 unspecified atom stereocenters. The average molecular weight is 250 g/mol.